The van der Waals surface area contributed by atoms with Crippen molar-refractivity contribution < 1.29 is 24.1 Å². The van der Waals surface area contributed by atoms with Crippen LogP contribution in [0.3, 0.4) is 0 Å². The molecule has 2 N–H and O–H groups in total. The summed E-state index contributed by atoms with van der Waals surface area (Å²) >= 11 is 0. The van der Waals surface area contributed by atoms with Crippen LogP contribution >= 0.6 is 0 Å². The summed E-state index contributed by atoms with van der Waals surface area (Å²) in [5.41, 5.74) is 0.0609. The van der Waals surface area contributed by atoms with E-state index in [1.54, 1.807) is 18.2 Å². The van der Waals surface area contributed by atoms with Gasteiger partial charge in [-0.3, -0.25) is 0 Å². The highest BCUT2D eigenvalue weighted by Gasteiger charge is 2.43. The maximum Gasteiger partial charge on any atom is 0.321 e. The topological polar surface area (TPSA) is 87.9 Å². The van der Waals surface area contributed by atoms with Crippen molar-refractivity contribution in [1.82, 2.24) is 9.97 Å². The smallest absolute Gasteiger partial charge is 0.321 e. The Balaban J connectivity index is 1.88. The van der Waals surface area contributed by atoms with Gasteiger partial charge in [-0.05, 0) is 30.5 Å². The summed E-state index contributed by atoms with van der Waals surface area (Å²) in [6.07, 6.45) is 0.200. The molecule has 1 saturated heterocycles. The van der Waals surface area contributed by atoms with E-state index in [0.717, 1.165) is 5.56 Å². The minimum atomic E-state index is -0.790. The highest BCUT2D eigenvalue weighted by molar-refractivity contribution is 5.44. The molecule has 0 aliphatic carbocycles. The number of rotatable bonds is 6. The van der Waals surface area contributed by atoms with Crippen LogP contribution in [0.5, 0.6) is 11.9 Å². The molecular formula is C19H24FN3O4. The average molecular weight is 377 g/mol. The fourth-order valence-corrected chi connectivity index (χ4v) is 3.49. The largest absolute Gasteiger partial charge is 0.481 e. The Bertz CT molecular complexity index is 752. The van der Waals surface area contributed by atoms with Crippen molar-refractivity contribution in [3.05, 3.63) is 41.7 Å². The standard InChI is InChI=1S/C19H24FN3O4/c1-26-17-9-16(21-18(22-17)27-2)23-8-7-15(25)19(11-23,12-24)10-13-3-5-14(20)6-4-13/h3-6,9,15,24-25H,7-8,10-12H2,1-2H3/t15-,19-/m0/s1. The zero-order valence-corrected chi connectivity index (χ0v) is 15.4. The van der Waals surface area contributed by atoms with Crippen LogP contribution < -0.4 is 14.4 Å². The van der Waals surface area contributed by atoms with E-state index in [9.17, 15) is 14.6 Å². The van der Waals surface area contributed by atoms with Crippen molar-refractivity contribution in [2.75, 3.05) is 38.8 Å². The molecule has 1 aromatic heterocycles. The first kappa shape index (κ1) is 19.3. The fourth-order valence-electron chi connectivity index (χ4n) is 3.49. The highest BCUT2D eigenvalue weighted by Crippen LogP contribution is 2.36. The number of methoxy groups -OCH3 is 2. The molecule has 7 nitrogen and oxygen atoms in total. The van der Waals surface area contributed by atoms with E-state index >= 15 is 0 Å². The molecule has 2 heterocycles. The Morgan fingerprint density at radius 3 is 2.59 bits per heavy atom. The van der Waals surface area contributed by atoms with Crippen LogP contribution in [0.15, 0.2) is 30.3 Å². The van der Waals surface area contributed by atoms with Gasteiger partial charge in [0.05, 0.1) is 26.9 Å². The molecule has 8 heteroatoms. The van der Waals surface area contributed by atoms with Crippen molar-refractivity contribution in [2.45, 2.75) is 18.9 Å². The summed E-state index contributed by atoms with van der Waals surface area (Å²) in [7, 11) is 2.99. The number of benzene rings is 1. The Morgan fingerprint density at radius 1 is 1.22 bits per heavy atom. The van der Waals surface area contributed by atoms with Gasteiger partial charge in [0.2, 0.25) is 5.88 Å². The van der Waals surface area contributed by atoms with Gasteiger partial charge < -0.3 is 24.6 Å². The molecule has 2 aromatic rings. The van der Waals surface area contributed by atoms with Crippen LogP contribution in [0.4, 0.5) is 10.2 Å². The molecule has 0 spiro atoms. The molecule has 1 aromatic carbocycles. The van der Waals surface area contributed by atoms with Gasteiger partial charge in [0.1, 0.15) is 11.6 Å². The van der Waals surface area contributed by atoms with Crippen molar-refractivity contribution in [3.63, 3.8) is 0 Å². The third-order valence-electron chi connectivity index (χ3n) is 5.05. The minimum Gasteiger partial charge on any atom is -0.481 e. The van der Waals surface area contributed by atoms with Gasteiger partial charge in [0.15, 0.2) is 0 Å². The van der Waals surface area contributed by atoms with Gasteiger partial charge in [-0.2, -0.15) is 9.97 Å². The molecule has 146 valence electrons. The highest BCUT2D eigenvalue weighted by atomic mass is 19.1. The van der Waals surface area contributed by atoms with E-state index in [-0.39, 0.29) is 18.4 Å². The van der Waals surface area contributed by atoms with Gasteiger partial charge in [0, 0.05) is 24.6 Å². The molecule has 0 radical (unpaired) electrons. The van der Waals surface area contributed by atoms with Crippen LogP contribution in [0.25, 0.3) is 0 Å². The number of nitrogens with zero attached hydrogens (tertiary/aromatic N) is 3. The molecule has 27 heavy (non-hydrogen) atoms. The maximum atomic E-state index is 13.2. The van der Waals surface area contributed by atoms with Crippen LogP contribution in [0.1, 0.15) is 12.0 Å². The zero-order valence-electron chi connectivity index (χ0n) is 15.4. The zero-order chi connectivity index (χ0) is 19.4. The first-order chi connectivity index (χ1) is 13.0. The SMILES string of the molecule is COc1cc(N2CC[C@H](O)[C@@](CO)(Cc3ccc(F)cc3)C2)nc(OC)n1. The molecule has 1 fully saturated rings. The average Bonchev–Trinajstić information content (AvgIpc) is 2.70. The van der Waals surface area contributed by atoms with Gasteiger partial charge >= 0.3 is 6.01 Å². The third kappa shape index (κ3) is 4.12. The second-order valence-corrected chi connectivity index (χ2v) is 6.80. The molecule has 3 rings (SSSR count). The number of aliphatic hydroxyl groups is 2. The summed E-state index contributed by atoms with van der Waals surface area (Å²) < 4.78 is 23.5. The summed E-state index contributed by atoms with van der Waals surface area (Å²) in [6.45, 7) is 0.739. The molecule has 1 aliphatic rings. The number of hydrogen-bond acceptors (Lipinski definition) is 7. The predicted molar refractivity (Wildman–Crippen MR) is 97.6 cm³/mol. The van der Waals surface area contributed by atoms with Gasteiger partial charge in [-0.25, -0.2) is 4.39 Å². The first-order valence-electron chi connectivity index (χ1n) is 8.75. The molecule has 0 unspecified atom stereocenters. The summed E-state index contributed by atoms with van der Waals surface area (Å²) in [5.74, 6) is 0.654. The number of aliphatic hydroxyl groups excluding tert-OH is 2. The van der Waals surface area contributed by atoms with Crippen LogP contribution in [-0.2, 0) is 6.42 Å². The lowest BCUT2D eigenvalue weighted by atomic mass is 9.73. The van der Waals surface area contributed by atoms with Crippen molar-refractivity contribution in [3.8, 4) is 11.9 Å². The number of aromatic nitrogens is 2. The van der Waals surface area contributed by atoms with E-state index < -0.39 is 11.5 Å². The van der Waals surface area contributed by atoms with Gasteiger partial charge in [-0.1, -0.05) is 12.1 Å². The van der Waals surface area contributed by atoms with Crippen LogP contribution in [0.2, 0.25) is 0 Å². The number of hydrogen-bond donors (Lipinski definition) is 2. The minimum absolute atomic E-state index is 0.184. The molecule has 2 atom stereocenters. The Labute approximate surface area is 157 Å². The van der Waals surface area contributed by atoms with E-state index in [1.165, 1.54) is 26.4 Å². The second kappa shape index (κ2) is 8.06. The number of halogens is 1. The number of piperidine rings is 1. The van der Waals surface area contributed by atoms with E-state index in [0.29, 0.717) is 37.6 Å². The second-order valence-electron chi connectivity index (χ2n) is 6.80. The van der Waals surface area contributed by atoms with Crippen LogP contribution in [-0.4, -0.2) is 60.2 Å². The molecular weight excluding hydrogens is 353 g/mol. The summed E-state index contributed by atoms with van der Waals surface area (Å²) in [5, 5.41) is 20.8. The van der Waals surface area contributed by atoms with E-state index in [2.05, 4.69) is 9.97 Å². The summed E-state index contributed by atoms with van der Waals surface area (Å²) in [4.78, 5) is 10.4. The maximum absolute atomic E-state index is 13.2. The van der Waals surface area contributed by atoms with Gasteiger partial charge in [-0.15, -0.1) is 0 Å². The number of anilines is 1. The monoisotopic (exact) mass is 377 g/mol. The summed E-state index contributed by atoms with van der Waals surface area (Å²) in [6, 6.07) is 8.00. The lowest BCUT2D eigenvalue weighted by Crippen LogP contribution is -2.55. The first-order valence-corrected chi connectivity index (χ1v) is 8.75. The van der Waals surface area contributed by atoms with Gasteiger partial charge in [0.25, 0.3) is 0 Å². The van der Waals surface area contributed by atoms with Crippen molar-refractivity contribution >= 4 is 5.82 Å². The molecule has 0 saturated carbocycles. The van der Waals surface area contributed by atoms with E-state index in [1.807, 2.05) is 4.90 Å². The predicted octanol–water partition coefficient (Wildman–Crippen LogP) is 1.43. The Hall–Kier alpha value is -2.45. The quantitative estimate of drug-likeness (QED) is 0.787. The fraction of sp³-hybridized carbons (Fsp3) is 0.474. The molecule has 0 bridgehead atoms. The molecule has 1 aliphatic heterocycles. The van der Waals surface area contributed by atoms with Crippen LogP contribution in [0, 0.1) is 11.2 Å². The third-order valence-corrected chi connectivity index (χ3v) is 5.05. The molecule has 0 amide bonds. The lowest BCUT2D eigenvalue weighted by Gasteiger charge is -2.45. The van der Waals surface area contributed by atoms with E-state index in [4.69, 9.17) is 9.47 Å². The normalized spacial score (nSPS) is 22.6. The Morgan fingerprint density at radius 2 is 1.96 bits per heavy atom. The number of ether oxygens (including phenoxy) is 2. The van der Waals surface area contributed by atoms with Crippen molar-refractivity contribution in [2.24, 2.45) is 5.41 Å². The lowest BCUT2D eigenvalue weighted by molar-refractivity contribution is -0.0293. The van der Waals surface area contributed by atoms with Crippen molar-refractivity contribution in [1.29, 1.82) is 0 Å². The Kier molecular flexibility index (Phi) is 5.76.